The fourth-order valence-electron chi connectivity index (χ4n) is 13.2. The lowest BCUT2D eigenvalue weighted by Crippen LogP contribution is -2.76. The number of nitrogens with one attached hydrogen (secondary N) is 1. The number of amides is 2. The van der Waals surface area contributed by atoms with E-state index in [4.69, 9.17) is 9.84 Å². The summed E-state index contributed by atoms with van der Waals surface area (Å²) in [6, 6.07) is 26.1. The number of likely N-dealkylation sites (N-methyl/N-ethyl adjacent to an activating group) is 1. The topological polar surface area (TPSA) is 169 Å². The van der Waals surface area contributed by atoms with Gasteiger partial charge in [0.15, 0.2) is 29.2 Å². The maximum Gasteiger partial charge on any atom is 0.416 e. The smallest absolute Gasteiger partial charge is 0.416 e. The van der Waals surface area contributed by atoms with Crippen LogP contribution in [0, 0.1) is 0 Å². The number of anilines is 5. The molecule has 0 unspecified atom stereocenters. The Morgan fingerprint density at radius 1 is 0.850 bits per heavy atom. The molecule has 8 aliphatic rings. The lowest BCUT2D eigenvalue weighted by atomic mass is 9.49. The van der Waals surface area contributed by atoms with Crippen molar-refractivity contribution >= 4 is 57.9 Å². The molecule has 2 aliphatic carbocycles. The number of piperidine rings is 1. The summed E-state index contributed by atoms with van der Waals surface area (Å²) in [4.78, 5) is 59.7. The molecule has 1 aromatic heterocycles. The third kappa shape index (κ3) is 10.4. The molecule has 13 rings (SSSR count). The van der Waals surface area contributed by atoms with Crippen molar-refractivity contribution in [2.24, 2.45) is 0 Å². The molecule has 2 bridgehead atoms. The van der Waals surface area contributed by atoms with Gasteiger partial charge in [-0.1, -0.05) is 48.2 Å². The van der Waals surface area contributed by atoms with Crippen LogP contribution in [-0.4, -0.2) is 185 Å². The molecule has 0 radical (unpaired) electrons. The van der Waals surface area contributed by atoms with Gasteiger partial charge in [0, 0.05) is 113 Å². The Hall–Kier alpha value is -6.36. The van der Waals surface area contributed by atoms with E-state index < -0.39 is 28.9 Å². The van der Waals surface area contributed by atoms with Gasteiger partial charge in [-0.05, 0) is 106 Å². The molecule has 4 aromatic carbocycles. The zero-order valence-electron chi connectivity index (χ0n) is 44.9. The van der Waals surface area contributed by atoms with Gasteiger partial charge in [0.25, 0.3) is 5.91 Å². The van der Waals surface area contributed by atoms with E-state index in [-0.39, 0.29) is 36.0 Å². The predicted molar refractivity (Wildman–Crippen MR) is 301 cm³/mol. The van der Waals surface area contributed by atoms with Gasteiger partial charge in [-0.2, -0.15) is 13.2 Å². The number of alkyl halides is 3. The number of rotatable bonds is 10. The van der Waals surface area contributed by atoms with Crippen molar-refractivity contribution in [3.05, 3.63) is 132 Å². The number of hydrogen-bond donors (Lipinski definition) is 4. The van der Waals surface area contributed by atoms with E-state index in [9.17, 15) is 37.8 Å². The zero-order chi connectivity index (χ0) is 55.9. The highest BCUT2D eigenvalue weighted by Crippen LogP contribution is 2.65. The number of aliphatic hydroxyl groups is 2. The van der Waals surface area contributed by atoms with Crippen molar-refractivity contribution in [3.8, 4) is 11.5 Å². The summed E-state index contributed by atoms with van der Waals surface area (Å²) in [6.45, 7) is 15.5. The number of benzene rings is 4. The number of ketones is 1. The monoisotopic (exact) mass is 1120 g/mol. The largest absolute Gasteiger partial charge is 0.504 e. The summed E-state index contributed by atoms with van der Waals surface area (Å²) in [5.41, 5.74) is 2.85. The van der Waals surface area contributed by atoms with E-state index in [1.165, 1.54) is 23.9 Å². The second kappa shape index (κ2) is 22.9. The van der Waals surface area contributed by atoms with Crippen molar-refractivity contribution in [2.75, 3.05) is 120 Å². The molecule has 5 aromatic rings. The first-order chi connectivity index (χ1) is 38.6. The van der Waals surface area contributed by atoms with E-state index in [0.29, 0.717) is 79.5 Å². The number of ether oxygens (including phenoxy) is 1. The number of para-hydroxylation sites is 2. The number of likely N-dealkylation sites (tertiary alicyclic amines) is 1. The number of halogens is 3. The van der Waals surface area contributed by atoms with Crippen LogP contribution >= 0.6 is 11.8 Å². The van der Waals surface area contributed by atoms with E-state index in [1.807, 2.05) is 47.4 Å². The third-order valence-corrected chi connectivity index (χ3v) is 18.4. The summed E-state index contributed by atoms with van der Waals surface area (Å²) in [5.74, 6) is 0.675. The number of piperazine rings is 2. The van der Waals surface area contributed by atoms with E-state index >= 15 is 0 Å². The molecule has 1 saturated carbocycles. The zero-order valence-corrected chi connectivity index (χ0v) is 45.7. The van der Waals surface area contributed by atoms with Crippen LogP contribution in [-0.2, 0) is 27.6 Å². The number of aliphatic hydroxyl groups excluding tert-OH is 1. The van der Waals surface area contributed by atoms with Gasteiger partial charge in [0.05, 0.1) is 58.0 Å². The first-order valence-electron chi connectivity index (χ1n) is 27.6. The number of hydrogen-bond acceptors (Lipinski definition) is 15. The highest BCUT2D eigenvalue weighted by atomic mass is 32.2. The van der Waals surface area contributed by atoms with Crippen LogP contribution in [0.4, 0.5) is 41.7 Å². The fourth-order valence-corrected chi connectivity index (χ4v) is 14.3. The van der Waals surface area contributed by atoms with Gasteiger partial charge in [-0.15, -0.1) is 6.58 Å². The number of aromatic hydroxyl groups is 1. The Balaban J connectivity index is 0.000000127. The van der Waals surface area contributed by atoms with E-state index in [0.717, 1.165) is 105 Å². The summed E-state index contributed by atoms with van der Waals surface area (Å²) in [5, 5.41) is 34.0. The minimum Gasteiger partial charge on any atom is -0.504 e. The minimum atomic E-state index is -4.35. The van der Waals surface area contributed by atoms with Gasteiger partial charge < -0.3 is 40.1 Å². The van der Waals surface area contributed by atoms with Crippen molar-refractivity contribution in [1.82, 2.24) is 29.5 Å². The average molecular weight is 1120 g/mol. The molecule has 80 heavy (non-hydrogen) atoms. The Bertz CT molecular complexity index is 3150. The van der Waals surface area contributed by atoms with Crippen LogP contribution < -0.4 is 19.9 Å². The van der Waals surface area contributed by atoms with Crippen molar-refractivity contribution in [3.63, 3.8) is 0 Å². The Labute approximate surface area is 468 Å². The minimum absolute atomic E-state index is 0.0408. The van der Waals surface area contributed by atoms with Gasteiger partial charge in [-0.25, -0.2) is 4.98 Å². The van der Waals surface area contributed by atoms with Crippen LogP contribution in [0.3, 0.4) is 0 Å². The van der Waals surface area contributed by atoms with Gasteiger partial charge >= 0.3 is 6.18 Å². The van der Waals surface area contributed by atoms with E-state index in [1.54, 1.807) is 53.6 Å². The fraction of sp³-hybridized carbons (Fsp3) is 0.433. The highest BCUT2D eigenvalue weighted by molar-refractivity contribution is 7.99. The summed E-state index contributed by atoms with van der Waals surface area (Å²) >= 11 is 1.53. The first-order valence-corrected chi connectivity index (χ1v) is 28.5. The number of phenols is 1. The highest BCUT2D eigenvalue weighted by Gasteiger charge is 2.73. The normalized spacial score (nSPS) is 24.2. The first kappa shape index (κ1) is 55.5. The lowest BCUT2D eigenvalue weighted by Gasteiger charge is -2.62. The number of fused-ring (bicyclic) bond motifs is 4. The van der Waals surface area contributed by atoms with Gasteiger partial charge in [0.2, 0.25) is 5.91 Å². The van der Waals surface area contributed by atoms with E-state index in [2.05, 4.69) is 48.4 Å². The second-order valence-corrected chi connectivity index (χ2v) is 23.0. The molecular weight excluding hydrogens is 1050 g/mol. The molecule has 7 heterocycles. The van der Waals surface area contributed by atoms with Crippen LogP contribution in [0.25, 0.3) is 0 Å². The molecule has 16 nitrogen and oxygen atoms in total. The van der Waals surface area contributed by atoms with Crippen molar-refractivity contribution in [1.29, 1.82) is 0 Å². The third-order valence-electron chi connectivity index (χ3n) is 17.3. The number of phenolic OH excluding ortho intramolecular Hbond substituents is 1. The second-order valence-electron chi connectivity index (χ2n) is 21.9. The SMILES string of the molecule is C=CCN1CC[C@]23c4c5ccc(O)c4O[C@H]2C(=O)CC[C@@]3(O)[C@H]1C5.CN1CCN(CC(=O)N2c3ccccc3C(=O)Nc3cccnc32)CC1.OCCN1CCN(CCCN2c3ccccc3Sc3ccc(C(F)(F)F)cc32)CC1. The van der Waals surface area contributed by atoms with Crippen molar-refractivity contribution in [2.45, 2.75) is 71.2 Å². The molecule has 422 valence electrons. The average Bonchev–Trinajstić information content (AvgIpc) is 1.71. The van der Waals surface area contributed by atoms with Gasteiger partial charge in [-0.3, -0.25) is 34.0 Å². The predicted octanol–water partition coefficient (Wildman–Crippen LogP) is 7.17. The quantitative estimate of drug-likeness (QED) is 0.104. The molecule has 4 N–H and O–H groups in total. The summed E-state index contributed by atoms with van der Waals surface area (Å²) in [6.07, 6.45) is 1.50. The molecule has 6 aliphatic heterocycles. The number of Topliss-reactive ketones (excluding diaryl/α,β-unsaturated/α-hetero) is 1. The molecule has 3 saturated heterocycles. The number of nitrogens with zero attached hydrogens (tertiary/aromatic N) is 8. The Morgan fingerprint density at radius 2 is 1.56 bits per heavy atom. The number of carbonyl (C=O) groups is 3. The molecule has 20 heteroatoms. The standard InChI is InChI=1S/C22H26F3N3OS.C19H21N5O2.C19H21NO4/c23-22(24,25)17-6-7-21-19(16-17)28(18-4-1-2-5-20(18)30-21)9-3-8-26-10-12-27(13-11-26)14-15-29;1-22-9-11-23(12-10-22)13-17(25)24-16-7-3-2-5-14(16)19(26)21-15-6-4-8-20-18(15)24;1-2-8-20-9-7-18-15-11-3-4-12(21)16(15)24-17(18)13(22)5-6-19(18,23)14(20)10-11/h1-2,4-7,16,29H,3,8-15H2;2-8H,9-13H2,1H3,(H,21,26);2-4,14,17,21,23H,1,5-10H2/t;;14-,17+,18+,19-/m..1/s1. The molecule has 2 amide bonds. The number of carbonyl (C=O) groups excluding carboxylic acids is 3. The van der Waals surface area contributed by atoms with Crippen LogP contribution in [0.1, 0.15) is 52.7 Å². The Kier molecular flexibility index (Phi) is 15.9. The number of pyridine rings is 1. The lowest BCUT2D eigenvalue weighted by molar-refractivity contribution is -0.187. The number of aromatic nitrogens is 1. The van der Waals surface area contributed by atoms with Crippen LogP contribution in [0.5, 0.6) is 11.5 Å². The summed E-state index contributed by atoms with van der Waals surface area (Å²) < 4.78 is 45.9. The molecule has 4 fully saturated rings. The maximum atomic E-state index is 13.3. The van der Waals surface area contributed by atoms with Crippen LogP contribution in [0.2, 0.25) is 0 Å². The maximum absolute atomic E-state index is 13.3. The van der Waals surface area contributed by atoms with Crippen LogP contribution in [0.15, 0.2) is 120 Å². The molecule has 1 spiro atoms. The Morgan fingerprint density at radius 3 is 2.31 bits per heavy atom. The molecular formula is C60H68F3N9O7S. The number of β-amino-alcohol motifs (C(OH)–C–C–N with tert-alkyl or cyclic N) is 1. The van der Waals surface area contributed by atoms with Gasteiger partial charge in [0.1, 0.15) is 0 Å². The van der Waals surface area contributed by atoms with Crippen molar-refractivity contribution < 1.29 is 47.6 Å². The summed E-state index contributed by atoms with van der Waals surface area (Å²) in [7, 11) is 2.08. The molecule has 4 atom stereocenters.